The summed E-state index contributed by atoms with van der Waals surface area (Å²) < 4.78 is 4.58. The third kappa shape index (κ3) is 3.90. The number of hydrogen-bond donors (Lipinski definition) is 0. The molecular formula is C44H28N4. The molecule has 0 aliphatic heterocycles. The first-order valence-electron chi connectivity index (χ1n) is 16.3. The highest BCUT2D eigenvalue weighted by molar-refractivity contribution is 6.21. The fourth-order valence-corrected chi connectivity index (χ4v) is 7.50. The Labute approximate surface area is 276 Å². The molecule has 4 aromatic heterocycles. The topological polar surface area (TPSA) is 35.1 Å². The molecule has 0 spiro atoms. The molecule has 0 N–H and O–H groups in total. The summed E-state index contributed by atoms with van der Waals surface area (Å²) in [6.07, 6.45) is 2.16. The van der Waals surface area contributed by atoms with E-state index < -0.39 is 0 Å². The monoisotopic (exact) mass is 612 g/mol. The van der Waals surface area contributed by atoms with Gasteiger partial charge >= 0.3 is 0 Å². The Balaban J connectivity index is 1.33. The van der Waals surface area contributed by atoms with Crippen molar-refractivity contribution in [1.29, 1.82) is 0 Å². The van der Waals surface area contributed by atoms with Gasteiger partial charge in [0.05, 0.1) is 33.5 Å². The molecule has 0 atom stereocenters. The molecule has 4 heteroatoms. The zero-order valence-electron chi connectivity index (χ0n) is 26.0. The van der Waals surface area contributed by atoms with Gasteiger partial charge in [-0.15, -0.1) is 0 Å². The van der Waals surface area contributed by atoms with Gasteiger partial charge in [0.2, 0.25) is 5.95 Å². The lowest BCUT2D eigenvalue weighted by Gasteiger charge is -2.15. The predicted octanol–water partition coefficient (Wildman–Crippen LogP) is 11.1. The smallest absolute Gasteiger partial charge is 0.235 e. The van der Waals surface area contributed by atoms with Crippen molar-refractivity contribution in [3.63, 3.8) is 0 Å². The van der Waals surface area contributed by atoms with Crippen molar-refractivity contribution in [3.8, 4) is 39.6 Å². The minimum absolute atomic E-state index is 0.652. The largest absolute Gasteiger partial charge is 0.314 e. The first-order valence-corrected chi connectivity index (χ1v) is 16.3. The molecule has 0 bridgehead atoms. The molecule has 6 aromatic carbocycles. The van der Waals surface area contributed by atoms with Crippen molar-refractivity contribution in [3.05, 3.63) is 170 Å². The van der Waals surface area contributed by atoms with Gasteiger partial charge in [0.25, 0.3) is 0 Å². The zero-order chi connectivity index (χ0) is 31.6. The average Bonchev–Trinajstić information content (AvgIpc) is 3.67. The SMILES string of the molecule is c1ccc(-c2ccc(-c3nc(-n4c5ccccc5c5c4c(-c4ccccc4)n4ccccc54)nc4ccccc34)c3ccccc23)cc1. The van der Waals surface area contributed by atoms with E-state index in [4.69, 9.17) is 9.97 Å². The number of para-hydroxylation sites is 2. The molecule has 0 aliphatic rings. The molecule has 48 heavy (non-hydrogen) atoms. The highest BCUT2D eigenvalue weighted by atomic mass is 15.2. The second-order valence-corrected chi connectivity index (χ2v) is 12.2. The molecule has 4 nitrogen and oxygen atoms in total. The Morgan fingerprint density at radius 1 is 0.417 bits per heavy atom. The Hall–Kier alpha value is -6.52. The van der Waals surface area contributed by atoms with Crippen molar-refractivity contribution >= 4 is 49.0 Å². The fourth-order valence-electron chi connectivity index (χ4n) is 7.50. The van der Waals surface area contributed by atoms with Crippen LogP contribution in [0.1, 0.15) is 0 Å². The van der Waals surface area contributed by atoms with E-state index in [1.54, 1.807) is 0 Å². The third-order valence-electron chi connectivity index (χ3n) is 9.56. The van der Waals surface area contributed by atoms with Crippen molar-refractivity contribution in [2.45, 2.75) is 0 Å². The van der Waals surface area contributed by atoms with Crippen molar-refractivity contribution < 1.29 is 0 Å². The molecule has 10 aromatic rings. The van der Waals surface area contributed by atoms with E-state index in [1.807, 2.05) is 0 Å². The highest BCUT2D eigenvalue weighted by Crippen LogP contribution is 2.43. The van der Waals surface area contributed by atoms with Crippen molar-refractivity contribution in [1.82, 2.24) is 18.9 Å². The lowest BCUT2D eigenvalue weighted by Crippen LogP contribution is -2.04. The first kappa shape index (κ1) is 26.7. The van der Waals surface area contributed by atoms with Crippen molar-refractivity contribution in [2.24, 2.45) is 0 Å². The van der Waals surface area contributed by atoms with Crippen LogP contribution in [0.3, 0.4) is 0 Å². The number of fused-ring (bicyclic) bond motifs is 7. The van der Waals surface area contributed by atoms with Gasteiger partial charge in [-0.1, -0.05) is 140 Å². The van der Waals surface area contributed by atoms with Gasteiger partial charge in [-0.2, -0.15) is 0 Å². The summed E-state index contributed by atoms with van der Waals surface area (Å²) >= 11 is 0. The van der Waals surface area contributed by atoms with Gasteiger partial charge in [0.1, 0.15) is 0 Å². The number of rotatable bonds is 4. The van der Waals surface area contributed by atoms with Crippen LogP contribution in [0.5, 0.6) is 0 Å². The van der Waals surface area contributed by atoms with Gasteiger partial charge in [-0.3, -0.25) is 4.57 Å². The van der Waals surface area contributed by atoms with Crippen LogP contribution in [-0.2, 0) is 0 Å². The number of hydrogen-bond acceptors (Lipinski definition) is 2. The normalized spacial score (nSPS) is 11.8. The van der Waals surface area contributed by atoms with E-state index in [0.29, 0.717) is 5.95 Å². The van der Waals surface area contributed by atoms with E-state index in [1.165, 1.54) is 27.3 Å². The second-order valence-electron chi connectivity index (χ2n) is 12.2. The summed E-state index contributed by atoms with van der Waals surface area (Å²) in [6, 6.07) is 57.8. The van der Waals surface area contributed by atoms with Crippen LogP contribution in [0.4, 0.5) is 0 Å². The molecule has 10 rings (SSSR count). The molecule has 0 saturated heterocycles. The minimum Gasteiger partial charge on any atom is -0.314 e. The summed E-state index contributed by atoms with van der Waals surface area (Å²) in [5, 5.41) is 5.76. The van der Waals surface area contributed by atoms with Crippen LogP contribution in [0.15, 0.2) is 170 Å². The van der Waals surface area contributed by atoms with E-state index in [9.17, 15) is 0 Å². The molecule has 0 amide bonds. The zero-order valence-corrected chi connectivity index (χ0v) is 26.0. The Bertz CT molecular complexity index is 2830. The predicted molar refractivity (Wildman–Crippen MR) is 199 cm³/mol. The summed E-state index contributed by atoms with van der Waals surface area (Å²) in [4.78, 5) is 10.8. The van der Waals surface area contributed by atoms with Crippen molar-refractivity contribution in [2.75, 3.05) is 0 Å². The highest BCUT2D eigenvalue weighted by Gasteiger charge is 2.25. The third-order valence-corrected chi connectivity index (χ3v) is 9.56. The number of benzene rings is 6. The van der Waals surface area contributed by atoms with Gasteiger partial charge in [0.15, 0.2) is 0 Å². The van der Waals surface area contributed by atoms with Gasteiger partial charge in [-0.05, 0) is 46.2 Å². The quantitative estimate of drug-likeness (QED) is 0.198. The van der Waals surface area contributed by atoms with Crippen LogP contribution in [-0.4, -0.2) is 18.9 Å². The maximum absolute atomic E-state index is 5.51. The fraction of sp³-hybridized carbons (Fsp3) is 0. The minimum atomic E-state index is 0.652. The molecule has 0 aliphatic carbocycles. The molecule has 0 fully saturated rings. The molecule has 0 saturated carbocycles. The standard InChI is InChI=1S/C44H28N4/c1-3-15-29(16-4-1)31-26-27-34(33-20-8-7-19-32(31)33)41-35-21-9-11-23-37(35)45-44(46-41)48-38-24-12-10-22-36(38)40-39-25-13-14-28-47(39)42(43(40)48)30-17-5-2-6-18-30/h1-28H. The number of nitrogens with zero attached hydrogens (tertiary/aromatic N) is 4. The molecule has 0 unspecified atom stereocenters. The molecule has 4 heterocycles. The Morgan fingerprint density at radius 2 is 1.00 bits per heavy atom. The summed E-state index contributed by atoms with van der Waals surface area (Å²) in [5.74, 6) is 0.652. The second kappa shape index (κ2) is 10.5. The summed E-state index contributed by atoms with van der Waals surface area (Å²) in [7, 11) is 0. The van der Waals surface area contributed by atoms with Gasteiger partial charge < -0.3 is 4.40 Å². The Kier molecular flexibility index (Phi) is 5.84. The molecule has 224 valence electrons. The maximum Gasteiger partial charge on any atom is 0.235 e. The van der Waals surface area contributed by atoms with Crippen LogP contribution in [0.2, 0.25) is 0 Å². The average molecular weight is 613 g/mol. The van der Waals surface area contributed by atoms with Crippen LogP contribution in [0.25, 0.3) is 88.6 Å². The van der Waals surface area contributed by atoms with E-state index >= 15 is 0 Å². The van der Waals surface area contributed by atoms with Crippen LogP contribution in [0, 0.1) is 0 Å². The van der Waals surface area contributed by atoms with E-state index in [-0.39, 0.29) is 0 Å². The van der Waals surface area contributed by atoms with E-state index in [2.05, 4.69) is 179 Å². The summed E-state index contributed by atoms with van der Waals surface area (Å²) in [6.45, 7) is 0. The lowest BCUT2D eigenvalue weighted by atomic mass is 9.93. The number of pyridine rings is 1. The van der Waals surface area contributed by atoms with Crippen LogP contribution < -0.4 is 0 Å². The van der Waals surface area contributed by atoms with E-state index in [0.717, 1.165) is 55.4 Å². The summed E-state index contributed by atoms with van der Waals surface area (Å²) in [5.41, 5.74) is 10.9. The Morgan fingerprint density at radius 3 is 1.79 bits per heavy atom. The lowest BCUT2D eigenvalue weighted by molar-refractivity contribution is 1.01. The first-order chi connectivity index (χ1) is 23.8. The molecular weight excluding hydrogens is 585 g/mol. The molecule has 0 radical (unpaired) electrons. The van der Waals surface area contributed by atoms with Crippen LogP contribution >= 0.6 is 0 Å². The number of aromatic nitrogens is 4. The maximum atomic E-state index is 5.51. The van der Waals surface area contributed by atoms with Gasteiger partial charge in [-0.25, -0.2) is 9.97 Å². The van der Waals surface area contributed by atoms with Gasteiger partial charge in [0, 0.05) is 33.5 Å².